The van der Waals surface area contributed by atoms with Gasteiger partial charge in [-0.15, -0.1) is 0 Å². The highest BCUT2D eigenvalue weighted by atomic mass is 16.5. The fourth-order valence-corrected chi connectivity index (χ4v) is 2.33. The standard InChI is InChI=1S/C14H19N3O3/c1-16(11-7-4-3-5-8-11)15-13(18)12-9-6-10-17(12)14(19)20-2/h3-5,7-8,12H,6,9-10H2,1-2H3,(H,15,18). The lowest BCUT2D eigenvalue weighted by molar-refractivity contribution is -0.125. The van der Waals surface area contributed by atoms with Crippen molar-refractivity contribution < 1.29 is 14.3 Å². The quantitative estimate of drug-likeness (QED) is 0.848. The van der Waals surface area contributed by atoms with Gasteiger partial charge in [0.1, 0.15) is 6.04 Å². The summed E-state index contributed by atoms with van der Waals surface area (Å²) < 4.78 is 4.70. The molecule has 1 atom stereocenters. The van der Waals surface area contributed by atoms with Gasteiger partial charge in [0, 0.05) is 13.6 Å². The molecule has 0 bridgehead atoms. The van der Waals surface area contributed by atoms with Crippen LogP contribution in [0.25, 0.3) is 0 Å². The number of likely N-dealkylation sites (tertiary alicyclic amines) is 1. The van der Waals surface area contributed by atoms with Crippen LogP contribution in [0, 0.1) is 0 Å². The Kier molecular flexibility index (Phi) is 4.45. The fraction of sp³-hybridized carbons (Fsp3) is 0.429. The van der Waals surface area contributed by atoms with E-state index >= 15 is 0 Å². The highest BCUT2D eigenvalue weighted by Gasteiger charge is 2.35. The molecule has 1 aromatic rings. The van der Waals surface area contributed by atoms with Crippen molar-refractivity contribution in [1.82, 2.24) is 10.3 Å². The molecular weight excluding hydrogens is 258 g/mol. The van der Waals surface area contributed by atoms with Crippen molar-refractivity contribution in [3.05, 3.63) is 30.3 Å². The monoisotopic (exact) mass is 277 g/mol. The number of nitrogens with zero attached hydrogens (tertiary/aromatic N) is 2. The van der Waals surface area contributed by atoms with E-state index in [-0.39, 0.29) is 5.91 Å². The third kappa shape index (κ3) is 3.01. The maximum atomic E-state index is 12.3. The summed E-state index contributed by atoms with van der Waals surface area (Å²) in [6.45, 7) is 0.555. The van der Waals surface area contributed by atoms with Crippen LogP contribution in [-0.4, -0.2) is 43.6 Å². The topological polar surface area (TPSA) is 61.9 Å². The van der Waals surface area contributed by atoms with Crippen molar-refractivity contribution >= 4 is 17.7 Å². The number of hydrogen-bond donors (Lipinski definition) is 1. The van der Waals surface area contributed by atoms with Crippen LogP contribution in [0.1, 0.15) is 12.8 Å². The van der Waals surface area contributed by atoms with Gasteiger partial charge in [-0.3, -0.25) is 20.1 Å². The molecule has 0 radical (unpaired) electrons. The van der Waals surface area contributed by atoms with Crippen molar-refractivity contribution in [1.29, 1.82) is 0 Å². The molecule has 1 aliphatic heterocycles. The maximum Gasteiger partial charge on any atom is 0.410 e. The second kappa shape index (κ2) is 6.27. The molecule has 1 aromatic carbocycles. The molecule has 0 aliphatic carbocycles. The number of rotatable bonds is 3. The molecule has 108 valence electrons. The molecule has 1 unspecified atom stereocenters. The Morgan fingerprint density at radius 1 is 1.35 bits per heavy atom. The first-order valence-corrected chi connectivity index (χ1v) is 6.57. The Balaban J connectivity index is 1.99. The number of methoxy groups -OCH3 is 1. The van der Waals surface area contributed by atoms with Crippen molar-refractivity contribution in [3.8, 4) is 0 Å². The minimum atomic E-state index is -0.464. The van der Waals surface area contributed by atoms with E-state index in [1.54, 1.807) is 12.1 Å². The van der Waals surface area contributed by atoms with Crippen molar-refractivity contribution in [2.45, 2.75) is 18.9 Å². The number of carbonyl (C=O) groups excluding carboxylic acids is 2. The zero-order valence-corrected chi connectivity index (χ0v) is 11.7. The number of hydrazine groups is 1. The summed E-state index contributed by atoms with van der Waals surface area (Å²) in [5, 5.41) is 1.65. The first-order valence-electron chi connectivity index (χ1n) is 6.57. The Morgan fingerprint density at radius 2 is 2.05 bits per heavy atom. The van der Waals surface area contributed by atoms with Gasteiger partial charge in [-0.25, -0.2) is 4.79 Å². The van der Waals surface area contributed by atoms with Crippen molar-refractivity contribution in [2.24, 2.45) is 0 Å². The lowest BCUT2D eigenvalue weighted by atomic mass is 10.2. The summed E-state index contributed by atoms with van der Waals surface area (Å²) in [6.07, 6.45) is 1.01. The zero-order valence-electron chi connectivity index (χ0n) is 11.7. The number of para-hydroxylation sites is 1. The predicted molar refractivity (Wildman–Crippen MR) is 75.1 cm³/mol. The summed E-state index contributed by atoms with van der Waals surface area (Å²) >= 11 is 0. The fourth-order valence-electron chi connectivity index (χ4n) is 2.33. The Morgan fingerprint density at radius 3 is 2.70 bits per heavy atom. The van der Waals surface area contributed by atoms with Crippen molar-refractivity contribution in [2.75, 3.05) is 25.7 Å². The third-order valence-corrected chi connectivity index (χ3v) is 3.39. The van der Waals surface area contributed by atoms with Gasteiger partial charge in [-0.2, -0.15) is 0 Å². The smallest absolute Gasteiger partial charge is 0.410 e. The largest absolute Gasteiger partial charge is 0.453 e. The van der Waals surface area contributed by atoms with E-state index in [4.69, 9.17) is 4.74 Å². The van der Waals surface area contributed by atoms with Gasteiger partial charge in [0.25, 0.3) is 5.91 Å². The number of hydrogen-bond acceptors (Lipinski definition) is 4. The van der Waals surface area contributed by atoms with Gasteiger partial charge < -0.3 is 4.74 Å². The summed E-state index contributed by atoms with van der Waals surface area (Å²) in [5.74, 6) is -0.195. The molecule has 1 N–H and O–H groups in total. The van der Waals surface area contributed by atoms with E-state index in [1.807, 2.05) is 30.3 Å². The van der Waals surface area contributed by atoms with E-state index < -0.39 is 12.1 Å². The first kappa shape index (κ1) is 14.2. The first-order chi connectivity index (χ1) is 9.63. The Labute approximate surface area is 118 Å². The number of nitrogens with one attached hydrogen (secondary N) is 1. The molecule has 1 fully saturated rings. The van der Waals surface area contributed by atoms with E-state index in [1.165, 1.54) is 12.0 Å². The summed E-state index contributed by atoms with van der Waals surface area (Å²) in [4.78, 5) is 25.3. The molecular formula is C14H19N3O3. The molecule has 20 heavy (non-hydrogen) atoms. The molecule has 1 heterocycles. The number of carbonyl (C=O) groups is 2. The maximum absolute atomic E-state index is 12.3. The highest BCUT2D eigenvalue weighted by molar-refractivity contribution is 5.87. The zero-order chi connectivity index (χ0) is 14.5. The average molecular weight is 277 g/mol. The molecule has 6 heteroatoms. The van der Waals surface area contributed by atoms with Crippen molar-refractivity contribution in [3.63, 3.8) is 0 Å². The summed E-state index contributed by atoms with van der Waals surface area (Å²) in [6, 6.07) is 9.03. The van der Waals surface area contributed by atoms with E-state index in [2.05, 4.69) is 5.43 Å². The number of amides is 2. The number of ether oxygens (including phenoxy) is 1. The molecule has 1 saturated heterocycles. The van der Waals surface area contributed by atoms with Crippen LogP contribution in [0.3, 0.4) is 0 Å². The average Bonchev–Trinajstić information content (AvgIpc) is 2.96. The minimum Gasteiger partial charge on any atom is -0.453 e. The normalized spacial score (nSPS) is 17.7. The van der Waals surface area contributed by atoms with Crippen LogP contribution in [0.2, 0.25) is 0 Å². The van der Waals surface area contributed by atoms with Gasteiger partial charge in [-0.1, -0.05) is 18.2 Å². The third-order valence-electron chi connectivity index (χ3n) is 3.39. The van der Waals surface area contributed by atoms with Crippen LogP contribution < -0.4 is 10.4 Å². The summed E-state index contributed by atoms with van der Waals surface area (Å²) in [7, 11) is 3.09. The van der Waals surface area contributed by atoms with Crippen LogP contribution in [-0.2, 0) is 9.53 Å². The molecule has 1 aliphatic rings. The molecule has 6 nitrogen and oxygen atoms in total. The number of anilines is 1. The SMILES string of the molecule is COC(=O)N1CCCC1C(=O)NN(C)c1ccccc1. The predicted octanol–water partition coefficient (Wildman–Crippen LogP) is 1.38. The van der Waals surface area contributed by atoms with Gasteiger partial charge >= 0.3 is 6.09 Å². The van der Waals surface area contributed by atoms with Gasteiger partial charge in [0.15, 0.2) is 0 Å². The van der Waals surface area contributed by atoms with E-state index in [0.29, 0.717) is 13.0 Å². The molecule has 0 spiro atoms. The minimum absolute atomic E-state index is 0.195. The van der Waals surface area contributed by atoms with Gasteiger partial charge in [0.05, 0.1) is 12.8 Å². The molecule has 2 rings (SSSR count). The highest BCUT2D eigenvalue weighted by Crippen LogP contribution is 2.19. The second-order valence-corrected chi connectivity index (χ2v) is 4.69. The van der Waals surface area contributed by atoms with Crippen LogP contribution in [0.4, 0.5) is 10.5 Å². The molecule has 0 saturated carbocycles. The van der Waals surface area contributed by atoms with E-state index in [0.717, 1.165) is 12.1 Å². The molecule has 0 aromatic heterocycles. The van der Waals surface area contributed by atoms with Crippen LogP contribution in [0.15, 0.2) is 30.3 Å². The second-order valence-electron chi connectivity index (χ2n) is 4.69. The summed E-state index contributed by atoms with van der Waals surface area (Å²) in [5.41, 5.74) is 3.67. The Bertz CT molecular complexity index is 478. The van der Waals surface area contributed by atoms with Gasteiger partial charge in [-0.05, 0) is 25.0 Å². The number of benzene rings is 1. The molecule has 2 amide bonds. The van der Waals surface area contributed by atoms with Gasteiger partial charge in [0.2, 0.25) is 0 Å². The Hall–Kier alpha value is -2.24. The van der Waals surface area contributed by atoms with E-state index in [9.17, 15) is 9.59 Å². The lowest BCUT2D eigenvalue weighted by Gasteiger charge is -2.26. The lowest BCUT2D eigenvalue weighted by Crippen LogP contribution is -2.50. The van der Waals surface area contributed by atoms with Crippen LogP contribution in [0.5, 0.6) is 0 Å². The van der Waals surface area contributed by atoms with Crippen LogP contribution >= 0.6 is 0 Å².